The molecular formula is C15H22N2O. The van der Waals surface area contributed by atoms with E-state index < -0.39 is 0 Å². The molecule has 1 atom stereocenters. The van der Waals surface area contributed by atoms with Crippen LogP contribution in [0.4, 0.5) is 0 Å². The number of benzene rings is 1. The average molecular weight is 246 g/mol. The molecule has 1 aliphatic rings. The highest BCUT2D eigenvalue weighted by Gasteiger charge is 2.25. The topological polar surface area (TPSA) is 23.6 Å². The average Bonchev–Trinajstić information content (AvgIpc) is 2.41. The van der Waals surface area contributed by atoms with Crippen molar-refractivity contribution in [3.05, 3.63) is 35.9 Å². The summed E-state index contributed by atoms with van der Waals surface area (Å²) in [5, 5.41) is 0. The van der Waals surface area contributed by atoms with E-state index in [-0.39, 0.29) is 5.91 Å². The zero-order valence-electron chi connectivity index (χ0n) is 11.3. The molecule has 1 fully saturated rings. The molecule has 0 aliphatic carbocycles. The van der Waals surface area contributed by atoms with Gasteiger partial charge in [-0.3, -0.25) is 9.69 Å². The third-order valence-corrected chi connectivity index (χ3v) is 3.65. The number of nitrogens with zero attached hydrogens (tertiary/aromatic N) is 2. The van der Waals surface area contributed by atoms with Crippen molar-refractivity contribution >= 4 is 5.91 Å². The Morgan fingerprint density at radius 2 is 2.00 bits per heavy atom. The Morgan fingerprint density at radius 1 is 1.28 bits per heavy atom. The van der Waals surface area contributed by atoms with Crippen molar-refractivity contribution in [1.29, 1.82) is 0 Å². The van der Waals surface area contributed by atoms with Crippen molar-refractivity contribution in [3.63, 3.8) is 0 Å². The molecule has 1 aromatic carbocycles. The first-order valence-corrected chi connectivity index (χ1v) is 6.76. The second-order valence-electron chi connectivity index (χ2n) is 5.00. The first-order valence-electron chi connectivity index (χ1n) is 6.76. The van der Waals surface area contributed by atoms with E-state index in [0.29, 0.717) is 12.5 Å². The van der Waals surface area contributed by atoms with Gasteiger partial charge in [-0.25, -0.2) is 0 Å². The molecule has 0 bridgehead atoms. The Labute approximate surface area is 109 Å². The first-order chi connectivity index (χ1) is 8.70. The van der Waals surface area contributed by atoms with Gasteiger partial charge in [0.1, 0.15) is 0 Å². The molecule has 2 rings (SSSR count). The van der Waals surface area contributed by atoms with E-state index in [2.05, 4.69) is 36.1 Å². The summed E-state index contributed by atoms with van der Waals surface area (Å²) in [4.78, 5) is 16.1. The van der Waals surface area contributed by atoms with Crippen molar-refractivity contribution in [2.45, 2.75) is 32.9 Å². The smallest absolute Gasteiger partial charge is 0.222 e. The summed E-state index contributed by atoms with van der Waals surface area (Å²) in [6.07, 6.45) is 0.616. The molecular weight excluding hydrogens is 224 g/mol. The molecule has 18 heavy (non-hydrogen) atoms. The van der Waals surface area contributed by atoms with Crippen LogP contribution < -0.4 is 0 Å². The lowest BCUT2D eigenvalue weighted by Gasteiger charge is -2.39. The summed E-state index contributed by atoms with van der Waals surface area (Å²) in [6, 6.07) is 11.0. The summed E-state index contributed by atoms with van der Waals surface area (Å²) < 4.78 is 0. The van der Waals surface area contributed by atoms with Gasteiger partial charge in [-0.1, -0.05) is 37.3 Å². The van der Waals surface area contributed by atoms with Gasteiger partial charge in [0.15, 0.2) is 0 Å². The molecule has 3 nitrogen and oxygen atoms in total. The first kappa shape index (κ1) is 13.1. The number of hydrogen-bond acceptors (Lipinski definition) is 2. The Balaban J connectivity index is 1.92. The maximum Gasteiger partial charge on any atom is 0.222 e. The monoisotopic (exact) mass is 246 g/mol. The van der Waals surface area contributed by atoms with Gasteiger partial charge in [0, 0.05) is 38.6 Å². The van der Waals surface area contributed by atoms with Crippen LogP contribution in [-0.2, 0) is 11.3 Å². The van der Waals surface area contributed by atoms with Gasteiger partial charge in [-0.2, -0.15) is 0 Å². The molecule has 1 heterocycles. The molecule has 1 aliphatic heterocycles. The summed E-state index contributed by atoms with van der Waals surface area (Å²) in [6.45, 7) is 7.82. The highest BCUT2D eigenvalue weighted by molar-refractivity contribution is 5.75. The predicted molar refractivity (Wildman–Crippen MR) is 73.2 cm³/mol. The fourth-order valence-corrected chi connectivity index (χ4v) is 2.50. The number of carbonyl (C=O) groups is 1. The fourth-order valence-electron chi connectivity index (χ4n) is 2.50. The van der Waals surface area contributed by atoms with E-state index in [1.165, 1.54) is 5.56 Å². The van der Waals surface area contributed by atoms with Gasteiger partial charge in [0.2, 0.25) is 5.91 Å². The van der Waals surface area contributed by atoms with Crippen LogP contribution in [0.15, 0.2) is 30.3 Å². The van der Waals surface area contributed by atoms with Crippen LogP contribution in [0.5, 0.6) is 0 Å². The molecule has 0 saturated carbocycles. The van der Waals surface area contributed by atoms with Gasteiger partial charge >= 0.3 is 0 Å². The SMILES string of the molecule is CCC(=O)N1CCN(Cc2ccccc2)C(C)C1. The molecule has 0 N–H and O–H groups in total. The Bertz CT molecular complexity index is 391. The lowest BCUT2D eigenvalue weighted by Crippen LogP contribution is -2.53. The summed E-state index contributed by atoms with van der Waals surface area (Å²) in [5.41, 5.74) is 1.35. The van der Waals surface area contributed by atoms with Crippen LogP contribution in [0.2, 0.25) is 0 Å². The highest BCUT2D eigenvalue weighted by atomic mass is 16.2. The lowest BCUT2D eigenvalue weighted by atomic mass is 10.1. The second kappa shape index (κ2) is 6.01. The number of amides is 1. The van der Waals surface area contributed by atoms with Crippen LogP contribution in [0, 0.1) is 0 Å². The normalized spacial score (nSPS) is 21.0. The molecule has 1 saturated heterocycles. The summed E-state index contributed by atoms with van der Waals surface area (Å²) >= 11 is 0. The lowest BCUT2D eigenvalue weighted by molar-refractivity contribution is -0.133. The van der Waals surface area contributed by atoms with Gasteiger partial charge in [0.25, 0.3) is 0 Å². The van der Waals surface area contributed by atoms with Crippen LogP contribution in [0.3, 0.4) is 0 Å². The predicted octanol–water partition coefficient (Wildman–Crippen LogP) is 2.13. The quantitative estimate of drug-likeness (QED) is 0.815. The molecule has 3 heteroatoms. The third-order valence-electron chi connectivity index (χ3n) is 3.65. The van der Waals surface area contributed by atoms with Crippen molar-refractivity contribution < 1.29 is 4.79 Å². The van der Waals surface area contributed by atoms with E-state index in [4.69, 9.17) is 0 Å². The molecule has 1 unspecified atom stereocenters. The number of piperazine rings is 1. The van der Waals surface area contributed by atoms with E-state index in [0.717, 1.165) is 26.2 Å². The zero-order chi connectivity index (χ0) is 13.0. The Kier molecular flexibility index (Phi) is 4.37. The van der Waals surface area contributed by atoms with Crippen LogP contribution in [-0.4, -0.2) is 41.4 Å². The maximum atomic E-state index is 11.7. The third kappa shape index (κ3) is 3.10. The van der Waals surface area contributed by atoms with Gasteiger partial charge in [0.05, 0.1) is 0 Å². The number of hydrogen-bond donors (Lipinski definition) is 0. The fraction of sp³-hybridized carbons (Fsp3) is 0.533. The van der Waals surface area contributed by atoms with Crippen LogP contribution >= 0.6 is 0 Å². The minimum Gasteiger partial charge on any atom is -0.340 e. The molecule has 0 aromatic heterocycles. The number of carbonyl (C=O) groups excluding carboxylic acids is 1. The van der Waals surface area contributed by atoms with E-state index in [9.17, 15) is 4.79 Å². The molecule has 0 radical (unpaired) electrons. The maximum absolute atomic E-state index is 11.7. The van der Waals surface area contributed by atoms with Crippen molar-refractivity contribution in [1.82, 2.24) is 9.80 Å². The van der Waals surface area contributed by atoms with Crippen LogP contribution in [0.1, 0.15) is 25.8 Å². The summed E-state index contributed by atoms with van der Waals surface area (Å²) in [5.74, 6) is 0.279. The van der Waals surface area contributed by atoms with Gasteiger partial charge in [-0.15, -0.1) is 0 Å². The van der Waals surface area contributed by atoms with Gasteiger partial charge < -0.3 is 4.90 Å². The van der Waals surface area contributed by atoms with Crippen molar-refractivity contribution in [3.8, 4) is 0 Å². The van der Waals surface area contributed by atoms with Crippen molar-refractivity contribution in [2.24, 2.45) is 0 Å². The number of rotatable bonds is 3. The van der Waals surface area contributed by atoms with E-state index >= 15 is 0 Å². The molecule has 98 valence electrons. The zero-order valence-corrected chi connectivity index (χ0v) is 11.3. The van der Waals surface area contributed by atoms with E-state index in [1.54, 1.807) is 0 Å². The van der Waals surface area contributed by atoms with Crippen LogP contribution in [0.25, 0.3) is 0 Å². The highest BCUT2D eigenvalue weighted by Crippen LogP contribution is 2.14. The van der Waals surface area contributed by atoms with Crippen molar-refractivity contribution in [2.75, 3.05) is 19.6 Å². The molecule has 0 spiro atoms. The molecule has 1 aromatic rings. The minimum atomic E-state index is 0.279. The van der Waals surface area contributed by atoms with Gasteiger partial charge in [-0.05, 0) is 12.5 Å². The standard InChI is InChI=1S/C15H22N2O/c1-3-15(18)17-10-9-16(13(2)11-17)12-14-7-5-4-6-8-14/h4-8,13H,3,9-12H2,1-2H3. The Morgan fingerprint density at radius 3 is 2.61 bits per heavy atom. The van der Waals surface area contributed by atoms with E-state index in [1.807, 2.05) is 17.9 Å². The second-order valence-corrected chi connectivity index (χ2v) is 5.00. The Hall–Kier alpha value is -1.35. The molecule has 1 amide bonds. The largest absolute Gasteiger partial charge is 0.340 e. The minimum absolute atomic E-state index is 0.279. The summed E-state index contributed by atoms with van der Waals surface area (Å²) in [7, 11) is 0.